The molecule has 0 aliphatic rings. The molecule has 0 radical (unpaired) electrons. The molecule has 5 heteroatoms. The number of nitrogens with zero attached hydrogens (tertiary/aromatic N) is 2. The molecule has 1 atom stereocenters. The molecule has 2 aromatic rings. The van der Waals surface area contributed by atoms with Crippen LogP contribution in [0.15, 0.2) is 42.6 Å². The second kappa shape index (κ2) is 6.73. The van der Waals surface area contributed by atoms with E-state index in [1.165, 1.54) is 12.3 Å². The molecule has 21 heavy (non-hydrogen) atoms. The molecule has 1 unspecified atom stereocenters. The van der Waals surface area contributed by atoms with Crippen LogP contribution < -0.4 is 0 Å². The topological polar surface area (TPSA) is 80.1 Å². The first-order chi connectivity index (χ1) is 10.2. The van der Waals surface area contributed by atoms with E-state index in [0.717, 1.165) is 5.56 Å². The first-order valence-electron chi connectivity index (χ1n) is 6.69. The Labute approximate surface area is 123 Å². The molecule has 0 bridgehead atoms. The number of amides is 1. The normalized spacial score (nSPS) is 11.7. The Kier molecular flexibility index (Phi) is 4.75. The van der Waals surface area contributed by atoms with Gasteiger partial charge in [-0.3, -0.25) is 4.79 Å². The van der Waals surface area contributed by atoms with Crippen molar-refractivity contribution >= 4 is 5.91 Å². The van der Waals surface area contributed by atoms with Gasteiger partial charge in [-0.15, -0.1) is 0 Å². The van der Waals surface area contributed by atoms with Crippen molar-refractivity contribution in [2.75, 3.05) is 13.7 Å². The van der Waals surface area contributed by atoms with Gasteiger partial charge in [0.2, 0.25) is 0 Å². The van der Waals surface area contributed by atoms with E-state index in [1.54, 1.807) is 11.9 Å². The molecular formula is C16H17N3O2. The van der Waals surface area contributed by atoms with Gasteiger partial charge in [-0.1, -0.05) is 30.3 Å². The third kappa shape index (κ3) is 3.30. The predicted octanol–water partition coefficient (Wildman–Crippen LogP) is 2.08. The maximum atomic E-state index is 12.5. The van der Waals surface area contributed by atoms with Crippen LogP contribution >= 0.6 is 0 Å². The lowest BCUT2D eigenvalue weighted by Crippen LogP contribution is -2.31. The smallest absolute Gasteiger partial charge is 0.255 e. The summed E-state index contributed by atoms with van der Waals surface area (Å²) in [6.45, 7) is -0.00619. The summed E-state index contributed by atoms with van der Waals surface area (Å²) in [5, 5.41) is 18.1. The summed E-state index contributed by atoms with van der Waals surface area (Å²) in [5.74, 6) is -0.185. The Morgan fingerprint density at radius 1 is 1.43 bits per heavy atom. The van der Waals surface area contributed by atoms with Gasteiger partial charge in [0.05, 0.1) is 11.6 Å². The van der Waals surface area contributed by atoms with Gasteiger partial charge in [-0.05, 0) is 18.1 Å². The number of carbonyl (C=O) groups excluding carboxylic acids is 1. The van der Waals surface area contributed by atoms with Crippen LogP contribution in [0.5, 0.6) is 0 Å². The minimum atomic E-state index is -0.205. The first-order valence-corrected chi connectivity index (χ1v) is 6.69. The van der Waals surface area contributed by atoms with E-state index in [4.69, 9.17) is 5.26 Å². The number of nitrogens with one attached hydrogen (secondary N) is 1. The number of H-pyrrole nitrogens is 1. The highest BCUT2D eigenvalue weighted by Crippen LogP contribution is 2.24. The lowest BCUT2D eigenvalue weighted by atomic mass is 10.0. The first kappa shape index (κ1) is 14.8. The summed E-state index contributed by atoms with van der Waals surface area (Å²) in [6, 6.07) is 12.9. The lowest BCUT2D eigenvalue weighted by Gasteiger charge is -2.28. The van der Waals surface area contributed by atoms with E-state index in [2.05, 4.69) is 4.98 Å². The Balaban J connectivity index is 2.24. The van der Waals surface area contributed by atoms with E-state index in [-0.39, 0.29) is 18.6 Å². The molecule has 5 nitrogen and oxygen atoms in total. The van der Waals surface area contributed by atoms with Gasteiger partial charge in [-0.2, -0.15) is 5.26 Å². The van der Waals surface area contributed by atoms with Crippen LogP contribution in [0.3, 0.4) is 0 Å². The molecule has 108 valence electrons. The number of aromatic nitrogens is 1. The van der Waals surface area contributed by atoms with Crippen molar-refractivity contribution in [2.45, 2.75) is 12.5 Å². The predicted molar refractivity (Wildman–Crippen MR) is 78.5 cm³/mol. The fourth-order valence-corrected chi connectivity index (χ4v) is 2.31. The number of aliphatic hydroxyl groups excluding tert-OH is 1. The van der Waals surface area contributed by atoms with Gasteiger partial charge in [0.1, 0.15) is 11.8 Å². The molecular weight excluding hydrogens is 266 g/mol. The van der Waals surface area contributed by atoms with Crippen LogP contribution in [0.1, 0.15) is 34.1 Å². The minimum absolute atomic E-state index is 0.00619. The quantitative estimate of drug-likeness (QED) is 0.881. The third-order valence-electron chi connectivity index (χ3n) is 3.43. The average Bonchev–Trinajstić information content (AvgIpc) is 3.01. The third-order valence-corrected chi connectivity index (χ3v) is 3.43. The summed E-state index contributed by atoms with van der Waals surface area (Å²) in [7, 11) is 1.70. The Hall–Kier alpha value is -2.58. The van der Waals surface area contributed by atoms with Crippen molar-refractivity contribution in [3.05, 3.63) is 59.4 Å². The van der Waals surface area contributed by atoms with Crippen molar-refractivity contribution in [3.8, 4) is 6.07 Å². The molecule has 1 heterocycles. The summed E-state index contributed by atoms with van der Waals surface area (Å²) in [5.41, 5.74) is 1.76. The Morgan fingerprint density at radius 3 is 2.71 bits per heavy atom. The van der Waals surface area contributed by atoms with Crippen LogP contribution in [0.25, 0.3) is 0 Å². The number of nitriles is 1. The van der Waals surface area contributed by atoms with Crippen molar-refractivity contribution < 1.29 is 9.90 Å². The lowest BCUT2D eigenvalue weighted by molar-refractivity contribution is 0.0705. The van der Waals surface area contributed by atoms with Crippen LogP contribution in [-0.4, -0.2) is 34.6 Å². The van der Waals surface area contributed by atoms with Gasteiger partial charge in [0.25, 0.3) is 5.91 Å². The molecule has 0 saturated carbocycles. The number of benzene rings is 1. The highest BCUT2D eigenvalue weighted by Gasteiger charge is 2.23. The Morgan fingerprint density at radius 2 is 2.14 bits per heavy atom. The zero-order valence-electron chi connectivity index (χ0n) is 11.8. The van der Waals surface area contributed by atoms with Crippen molar-refractivity contribution in [3.63, 3.8) is 0 Å². The monoisotopic (exact) mass is 283 g/mol. The largest absolute Gasteiger partial charge is 0.396 e. The standard InChI is InChI=1S/C16H17N3O2/c1-19(16(21)13-9-14(10-17)18-11-13)15(7-8-20)12-5-3-2-4-6-12/h2-6,9,11,15,18,20H,7-8H2,1H3. The molecule has 1 amide bonds. The maximum absolute atomic E-state index is 12.5. The highest BCUT2D eigenvalue weighted by molar-refractivity contribution is 5.94. The van der Waals surface area contributed by atoms with Gasteiger partial charge in [0, 0.05) is 19.9 Å². The molecule has 0 saturated heterocycles. The van der Waals surface area contributed by atoms with E-state index >= 15 is 0 Å². The van der Waals surface area contributed by atoms with E-state index in [9.17, 15) is 9.90 Å². The second-order valence-electron chi connectivity index (χ2n) is 4.77. The average molecular weight is 283 g/mol. The number of aliphatic hydroxyl groups is 1. The zero-order chi connectivity index (χ0) is 15.2. The molecule has 2 N–H and O–H groups in total. The van der Waals surface area contributed by atoms with E-state index in [0.29, 0.717) is 17.7 Å². The van der Waals surface area contributed by atoms with E-state index in [1.807, 2.05) is 36.4 Å². The summed E-state index contributed by atoms with van der Waals surface area (Å²) in [4.78, 5) is 16.8. The van der Waals surface area contributed by atoms with Crippen LogP contribution in [-0.2, 0) is 0 Å². The number of aromatic amines is 1. The van der Waals surface area contributed by atoms with Gasteiger partial charge >= 0.3 is 0 Å². The molecule has 2 rings (SSSR count). The summed E-state index contributed by atoms with van der Waals surface area (Å²) < 4.78 is 0. The Bertz CT molecular complexity index is 643. The van der Waals surface area contributed by atoms with Crippen molar-refractivity contribution in [1.82, 2.24) is 9.88 Å². The second-order valence-corrected chi connectivity index (χ2v) is 4.77. The molecule has 0 fully saturated rings. The molecule has 0 aliphatic carbocycles. The minimum Gasteiger partial charge on any atom is -0.396 e. The molecule has 0 spiro atoms. The van der Waals surface area contributed by atoms with Gasteiger partial charge < -0.3 is 15.0 Å². The number of hydrogen-bond donors (Lipinski definition) is 2. The number of rotatable bonds is 5. The zero-order valence-corrected chi connectivity index (χ0v) is 11.8. The summed E-state index contributed by atoms with van der Waals surface area (Å²) >= 11 is 0. The van der Waals surface area contributed by atoms with Gasteiger partial charge in [0.15, 0.2) is 0 Å². The van der Waals surface area contributed by atoms with E-state index < -0.39 is 0 Å². The van der Waals surface area contributed by atoms with Crippen LogP contribution in [0, 0.1) is 11.3 Å². The van der Waals surface area contributed by atoms with Crippen LogP contribution in [0.4, 0.5) is 0 Å². The fraction of sp³-hybridized carbons (Fsp3) is 0.250. The molecule has 0 aliphatic heterocycles. The maximum Gasteiger partial charge on any atom is 0.255 e. The SMILES string of the molecule is CN(C(=O)c1c[nH]c(C#N)c1)C(CCO)c1ccccc1. The fourth-order valence-electron chi connectivity index (χ4n) is 2.31. The van der Waals surface area contributed by atoms with Gasteiger partial charge in [-0.25, -0.2) is 0 Å². The highest BCUT2D eigenvalue weighted by atomic mass is 16.3. The van der Waals surface area contributed by atoms with Crippen molar-refractivity contribution in [2.24, 2.45) is 0 Å². The number of hydrogen-bond acceptors (Lipinski definition) is 3. The number of carbonyl (C=O) groups is 1. The van der Waals surface area contributed by atoms with Crippen LogP contribution in [0.2, 0.25) is 0 Å². The summed E-state index contributed by atoms with van der Waals surface area (Å²) in [6.07, 6.45) is 1.99. The molecule has 1 aromatic carbocycles. The molecule has 1 aromatic heterocycles. The van der Waals surface area contributed by atoms with Crippen molar-refractivity contribution in [1.29, 1.82) is 5.26 Å².